The van der Waals surface area contributed by atoms with Gasteiger partial charge in [-0.1, -0.05) is 6.07 Å². The third-order valence-corrected chi connectivity index (χ3v) is 3.74. The number of aryl methyl sites for hydroxylation is 2. The van der Waals surface area contributed by atoms with Crippen LogP contribution in [-0.2, 0) is 19.4 Å². The smallest absolute Gasteiger partial charge is 0.435 e. The Hall–Kier alpha value is -3.24. The molecule has 0 fully saturated rings. The van der Waals surface area contributed by atoms with Gasteiger partial charge in [0.1, 0.15) is 5.75 Å². The predicted octanol–water partition coefficient (Wildman–Crippen LogP) is 5.75. The number of nitrogens with zero attached hydrogens (tertiary/aromatic N) is 3. The van der Waals surface area contributed by atoms with Gasteiger partial charge in [0.2, 0.25) is 17.6 Å². The second-order valence-electron chi connectivity index (χ2n) is 5.99. The van der Waals surface area contributed by atoms with Gasteiger partial charge in [-0.3, -0.25) is 0 Å². The Labute approximate surface area is 160 Å². The third kappa shape index (κ3) is 4.79. The van der Waals surface area contributed by atoms with Gasteiger partial charge in [0.15, 0.2) is 5.69 Å². The van der Waals surface area contributed by atoms with Gasteiger partial charge >= 0.3 is 12.4 Å². The van der Waals surface area contributed by atoms with E-state index in [9.17, 15) is 26.3 Å². The summed E-state index contributed by atoms with van der Waals surface area (Å²) in [7, 11) is 1.27. The van der Waals surface area contributed by atoms with Gasteiger partial charge < -0.3 is 9.47 Å². The molecule has 0 unspecified atom stereocenters. The van der Waals surface area contributed by atoms with Gasteiger partial charge in [-0.05, 0) is 31.2 Å². The summed E-state index contributed by atoms with van der Waals surface area (Å²) in [6.45, 7) is 1.59. The number of hydrogen-bond acceptors (Lipinski definition) is 4. The van der Waals surface area contributed by atoms with Crippen molar-refractivity contribution in [1.82, 2.24) is 14.8 Å². The minimum Gasteiger partial charge on any atom is -0.439 e. The molecule has 0 radical (unpaired) electrons. The molecule has 154 valence electrons. The number of rotatable bonds is 4. The summed E-state index contributed by atoms with van der Waals surface area (Å²) in [5, 5.41) is 3.33. The molecule has 2 heterocycles. The van der Waals surface area contributed by atoms with Crippen molar-refractivity contribution >= 4 is 0 Å². The van der Waals surface area contributed by atoms with Crippen LogP contribution in [0.4, 0.5) is 26.3 Å². The summed E-state index contributed by atoms with van der Waals surface area (Å²) in [5.74, 6) is -0.500. The fraction of sp³-hybridized carbons (Fsp3) is 0.222. The number of pyridine rings is 1. The van der Waals surface area contributed by atoms with Crippen LogP contribution in [0.3, 0.4) is 0 Å². The molecule has 0 aliphatic carbocycles. The number of benzene rings is 1. The second kappa shape index (κ2) is 7.30. The van der Waals surface area contributed by atoms with Crippen molar-refractivity contribution in [1.29, 1.82) is 0 Å². The fourth-order valence-corrected chi connectivity index (χ4v) is 2.29. The Balaban J connectivity index is 1.85. The standard InChI is InChI=1S/C18H13F6N3O2/c1-10-6-7-14(28-12-5-3-4-11(8-12)17(19,20)21)25-16(10)29-15-9-13(18(22,23)24)26-27(15)2/h3-9H,1-2H3. The fourth-order valence-electron chi connectivity index (χ4n) is 2.29. The van der Waals surface area contributed by atoms with Gasteiger partial charge in [-0.2, -0.15) is 36.4 Å². The molecule has 0 atom stereocenters. The largest absolute Gasteiger partial charge is 0.439 e. The summed E-state index contributed by atoms with van der Waals surface area (Å²) < 4.78 is 88.4. The van der Waals surface area contributed by atoms with Crippen LogP contribution in [0.15, 0.2) is 42.5 Å². The van der Waals surface area contributed by atoms with Gasteiger partial charge in [-0.15, -0.1) is 0 Å². The highest BCUT2D eigenvalue weighted by atomic mass is 19.4. The molecule has 29 heavy (non-hydrogen) atoms. The Bertz CT molecular complexity index is 1030. The molecule has 5 nitrogen and oxygen atoms in total. The van der Waals surface area contributed by atoms with E-state index in [2.05, 4.69) is 10.1 Å². The number of ether oxygens (including phenoxy) is 2. The van der Waals surface area contributed by atoms with Crippen LogP contribution < -0.4 is 9.47 Å². The second-order valence-corrected chi connectivity index (χ2v) is 5.99. The molecule has 0 N–H and O–H groups in total. The summed E-state index contributed by atoms with van der Waals surface area (Å²) in [4.78, 5) is 4.02. The van der Waals surface area contributed by atoms with Crippen LogP contribution in [0.5, 0.6) is 23.4 Å². The molecule has 0 aliphatic heterocycles. The van der Waals surface area contributed by atoms with E-state index >= 15 is 0 Å². The zero-order valence-electron chi connectivity index (χ0n) is 15.0. The first-order valence-electron chi connectivity index (χ1n) is 8.05. The van der Waals surface area contributed by atoms with E-state index in [-0.39, 0.29) is 23.4 Å². The zero-order valence-corrected chi connectivity index (χ0v) is 15.0. The Morgan fingerprint density at radius 2 is 1.62 bits per heavy atom. The van der Waals surface area contributed by atoms with Crippen LogP contribution in [-0.4, -0.2) is 14.8 Å². The minimum atomic E-state index is -4.64. The van der Waals surface area contributed by atoms with Gasteiger partial charge in [0.25, 0.3) is 0 Å². The lowest BCUT2D eigenvalue weighted by molar-refractivity contribution is -0.141. The van der Waals surface area contributed by atoms with Crippen molar-refractivity contribution in [3.63, 3.8) is 0 Å². The molecular formula is C18H13F6N3O2. The van der Waals surface area contributed by atoms with E-state index in [0.29, 0.717) is 11.6 Å². The van der Waals surface area contributed by atoms with Gasteiger partial charge in [0.05, 0.1) is 5.56 Å². The molecule has 2 aromatic heterocycles. The Morgan fingerprint density at radius 1 is 0.897 bits per heavy atom. The van der Waals surface area contributed by atoms with E-state index in [1.54, 1.807) is 6.92 Å². The Kier molecular flexibility index (Phi) is 5.16. The van der Waals surface area contributed by atoms with Crippen molar-refractivity contribution in [2.24, 2.45) is 7.05 Å². The highest BCUT2D eigenvalue weighted by Gasteiger charge is 2.35. The number of alkyl halides is 6. The van der Waals surface area contributed by atoms with Crippen molar-refractivity contribution in [2.45, 2.75) is 19.3 Å². The molecule has 0 saturated heterocycles. The average Bonchev–Trinajstić information content (AvgIpc) is 2.98. The van der Waals surface area contributed by atoms with E-state index in [4.69, 9.17) is 9.47 Å². The van der Waals surface area contributed by atoms with Gasteiger partial charge in [-0.25, -0.2) is 4.68 Å². The van der Waals surface area contributed by atoms with E-state index in [0.717, 1.165) is 16.8 Å². The highest BCUT2D eigenvalue weighted by Crippen LogP contribution is 2.34. The summed E-state index contributed by atoms with van der Waals surface area (Å²) >= 11 is 0. The molecule has 11 heteroatoms. The minimum absolute atomic E-state index is 0.0776. The Morgan fingerprint density at radius 3 is 2.24 bits per heavy atom. The van der Waals surface area contributed by atoms with Crippen molar-refractivity contribution in [3.05, 3.63) is 59.3 Å². The quantitative estimate of drug-likeness (QED) is 0.508. The maximum absolute atomic E-state index is 12.8. The molecule has 3 rings (SSSR count). The average molecular weight is 417 g/mol. The number of hydrogen-bond donors (Lipinski definition) is 0. The van der Waals surface area contributed by atoms with E-state index in [1.807, 2.05) is 0 Å². The van der Waals surface area contributed by atoms with Crippen LogP contribution in [0.25, 0.3) is 0 Å². The molecule has 0 aliphatic rings. The highest BCUT2D eigenvalue weighted by molar-refractivity contribution is 5.37. The van der Waals surface area contributed by atoms with Crippen molar-refractivity contribution in [2.75, 3.05) is 0 Å². The van der Waals surface area contributed by atoms with Crippen LogP contribution in [0.1, 0.15) is 16.8 Å². The molecule has 3 aromatic rings. The number of aromatic nitrogens is 3. The first-order chi connectivity index (χ1) is 13.4. The van der Waals surface area contributed by atoms with E-state index < -0.39 is 23.6 Å². The summed E-state index contributed by atoms with van der Waals surface area (Å²) in [6, 6.07) is 7.80. The first-order valence-corrected chi connectivity index (χ1v) is 8.05. The lowest BCUT2D eigenvalue weighted by Crippen LogP contribution is -2.06. The van der Waals surface area contributed by atoms with Crippen LogP contribution >= 0.6 is 0 Å². The molecule has 0 spiro atoms. The predicted molar refractivity (Wildman–Crippen MR) is 88.8 cm³/mol. The van der Waals surface area contributed by atoms with Crippen LogP contribution in [0.2, 0.25) is 0 Å². The topological polar surface area (TPSA) is 49.2 Å². The molecule has 1 aromatic carbocycles. The summed E-state index contributed by atoms with van der Waals surface area (Å²) in [6.07, 6.45) is -9.18. The maximum Gasteiger partial charge on any atom is 0.435 e. The molecule has 0 bridgehead atoms. The maximum atomic E-state index is 12.8. The van der Waals surface area contributed by atoms with Crippen LogP contribution in [0, 0.1) is 6.92 Å². The zero-order chi connectivity index (χ0) is 21.4. The SMILES string of the molecule is Cc1ccc(Oc2cccc(C(F)(F)F)c2)nc1Oc1cc(C(F)(F)F)nn1C. The lowest BCUT2D eigenvalue weighted by atomic mass is 10.2. The molecule has 0 amide bonds. The normalized spacial score (nSPS) is 12.1. The molecule has 0 saturated carbocycles. The lowest BCUT2D eigenvalue weighted by Gasteiger charge is -2.11. The molecular weight excluding hydrogens is 404 g/mol. The third-order valence-electron chi connectivity index (χ3n) is 3.74. The van der Waals surface area contributed by atoms with E-state index in [1.165, 1.54) is 31.3 Å². The monoisotopic (exact) mass is 417 g/mol. The van der Waals surface area contributed by atoms with Crippen molar-refractivity contribution < 1.29 is 35.8 Å². The summed E-state index contributed by atoms with van der Waals surface area (Å²) in [5.41, 5.74) is -1.56. The van der Waals surface area contributed by atoms with Gasteiger partial charge in [0, 0.05) is 24.7 Å². The van der Waals surface area contributed by atoms with Crippen molar-refractivity contribution in [3.8, 4) is 23.4 Å². The first kappa shape index (κ1) is 20.5. The number of halogens is 6.